The molecule has 2 N–H and O–H groups in total. The minimum Gasteiger partial charge on any atom is -0.328 e. The van der Waals surface area contributed by atoms with E-state index in [1.807, 2.05) is 0 Å². The topological polar surface area (TPSA) is 60.9 Å². The zero-order valence-corrected chi connectivity index (χ0v) is 11.7. The van der Waals surface area contributed by atoms with Crippen LogP contribution in [0, 0.1) is 0 Å². The second-order valence-corrected chi connectivity index (χ2v) is 5.75. The molecule has 0 spiro atoms. The molecule has 1 heterocycles. The monoisotopic (exact) mass is 297 g/mol. The van der Waals surface area contributed by atoms with Gasteiger partial charge in [0.2, 0.25) is 0 Å². The minimum absolute atomic E-state index is 0.106. The van der Waals surface area contributed by atoms with Crippen LogP contribution in [0.3, 0.4) is 0 Å². The van der Waals surface area contributed by atoms with Crippen LogP contribution in [0.2, 0.25) is 10.0 Å². The van der Waals surface area contributed by atoms with Crippen molar-refractivity contribution >= 4 is 34.1 Å². The van der Waals surface area contributed by atoms with E-state index >= 15 is 0 Å². The fourth-order valence-corrected chi connectivity index (χ4v) is 3.12. The predicted octanol–water partition coefficient (Wildman–Crippen LogP) is 2.76. The van der Waals surface area contributed by atoms with Crippen molar-refractivity contribution in [1.82, 2.24) is 9.55 Å². The fourth-order valence-electron chi connectivity index (χ4n) is 2.68. The number of benzene rings is 1. The van der Waals surface area contributed by atoms with Crippen molar-refractivity contribution in [3.05, 3.63) is 38.9 Å². The van der Waals surface area contributed by atoms with Gasteiger partial charge in [0.05, 0.1) is 27.3 Å². The first-order valence-electron chi connectivity index (χ1n) is 6.18. The Bertz CT molecular complexity index is 698. The van der Waals surface area contributed by atoms with Crippen LogP contribution in [0.5, 0.6) is 0 Å². The molecule has 0 saturated heterocycles. The van der Waals surface area contributed by atoms with Crippen LogP contribution in [0.25, 0.3) is 10.9 Å². The SMILES string of the molecule is N[C@@H]1CC[C@@H](n2cnc3c(Cl)ccc(Cl)c3c2=O)C1. The van der Waals surface area contributed by atoms with Crippen LogP contribution in [0.15, 0.2) is 23.3 Å². The van der Waals surface area contributed by atoms with Gasteiger partial charge in [0.25, 0.3) is 5.56 Å². The van der Waals surface area contributed by atoms with Gasteiger partial charge in [0.15, 0.2) is 0 Å². The van der Waals surface area contributed by atoms with E-state index in [1.165, 1.54) is 0 Å². The summed E-state index contributed by atoms with van der Waals surface area (Å²) >= 11 is 12.2. The molecule has 1 aliphatic carbocycles. The van der Waals surface area contributed by atoms with Gasteiger partial charge in [0, 0.05) is 12.1 Å². The second-order valence-electron chi connectivity index (χ2n) is 4.94. The van der Waals surface area contributed by atoms with Gasteiger partial charge in [-0.15, -0.1) is 0 Å². The van der Waals surface area contributed by atoms with Gasteiger partial charge in [-0.1, -0.05) is 23.2 Å². The van der Waals surface area contributed by atoms with Crippen LogP contribution in [0.1, 0.15) is 25.3 Å². The molecule has 0 radical (unpaired) electrons. The molecule has 0 unspecified atom stereocenters. The summed E-state index contributed by atoms with van der Waals surface area (Å²) in [5.41, 5.74) is 6.21. The van der Waals surface area contributed by atoms with Gasteiger partial charge in [0.1, 0.15) is 0 Å². The summed E-state index contributed by atoms with van der Waals surface area (Å²) < 4.78 is 1.64. The molecule has 6 heteroatoms. The number of hydrogen-bond donors (Lipinski definition) is 1. The van der Waals surface area contributed by atoms with Crippen LogP contribution >= 0.6 is 23.2 Å². The first-order chi connectivity index (χ1) is 9.08. The maximum atomic E-state index is 12.5. The van der Waals surface area contributed by atoms with E-state index < -0.39 is 0 Å². The van der Waals surface area contributed by atoms with Crippen molar-refractivity contribution in [3.8, 4) is 0 Å². The molecule has 2 atom stereocenters. The lowest BCUT2D eigenvalue weighted by Gasteiger charge is -2.14. The predicted molar refractivity (Wildman–Crippen MR) is 76.9 cm³/mol. The maximum absolute atomic E-state index is 12.5. The van der Waals surface area contributed by atoms with Crippen molar-refractivity contribution in [2.75, 3.05) is 0 Å². The molecule has 0 amide bonds. The number of halogens is 2. The molecular weight excluding hydrogens is 285 g/mol. The van der Waals surface area contributed by atoms with Crippen LogP contribution < -0.4 is 11.3 Å². The zero-order valence-electron chi connectivity index (χ0n) is 10.1. The number of fused-ring (bicyclic) bond motifs is 1. The third-order valence-electron chi connectivity index (χ3n) is 3.68. The van der Waals surface area contributed by atoms with Crippen molar-refractivity contribution in [2.45, 2.75) is 31.3 Å². The fraction of sp³-hybridized carbons (Fsp3) is 0.385. The van der Waals surface area contributed by atoms with E-state index in [9.17, 15) is 4.79 Å². The number of rotatable bonds is 1. The van der Waals surface area contributed by atoms with Crippen molar-refractivity contribution in [1.29, 1.82) is 0 Å². The summed E-state index contributed by atoms with van der Waals surface area (Å²) in [6.07, 6.45) is 4.17. The van der Waals surface area contributed by atoms with Gasteiger partial charge in [-0.25, -0.2) is 4.98 Å². The highest BCUT2D eigenvalue weighted by atomic mass is 35.5. The quantitative estimate of drug-likeness (QED) is 0.880. The molecule has 2 aromatic rings. The third-order valence-corrected chi connectivity index (χ3v) is 4.30. The van der Waals surface area contributed by atoms with Gasteiger partial charge >= 0.3 is 0 Å². The molecule has 100 valence electrons. The highest BCUT2D eigenvalue weighted by Crippen LogP contribution is 2.30. The van der Waals surface area contributed by atoms with E-state index in [4.69, 9.17) is 28.9 Å². The molecular formula is C13H13Cl2N3O. The molecule has 1 saturated carbocycles. The molecule has 1 aliphatic rings. The smallest absolute Gasteiger partial charge is 0.263 e. The van der Waals surface area contributed by atoms with Gasteiger partial charge in [-0.3, -0.25) is 9.36 Å². The van der Waals surface area contributed by atoms with Crippen LogP contribution in [-0.2, 0) is 0 Å². The Morgan fingerprint density at radius 1 is 1.26 bits per heavy atom. The Kier molecular flexibility index (Phi) is 3.25. The molecule has 1 aromatic carbocycles. The molecule has 1 fully saturated rings. The molecule has 19 heavy (non-hydrogen) atoms. The normalized spacial score (nSPS) is 23.1. The average Bonchev–Trinajstić information content (AvgIpc) is 2.80. The van der Waals surface area contributed by atoms with Crippen LogP contribution in [-0.4, -0.2) is 15.6 Å². The number of nitrogens with two attached hydrogens (primary N) is 1. The van der Waals surface area contributed by atoms with Crippen molar-refractivity contribution in [3.63, 3.8) is 0 Å². The van der Waals surface area contributed by atoms with Gasteiger partial charge in [-0.2, -0.15) is 0 Å². The van der Waals surface area contributed by atoms with Crippen molar-refractivity contribution in [2.24, 2.45) is 5.73 Å². The third kappa shape index (κ3) is 2.14. The highest BCUT2D eigenvalue weighted by molar-refractivity contribution is 6.39. The molecule has 1 aromatic heterocycles. The standard InChI is InChI=1S/C13H13Cl2N3O/c14-9-3-4-10(15)12-11(9)13(19)18(6-17-12)8-2-1-7(16)5-8/h3-4,6-8H,1-2,5,16H2/t7-,8-/m1/s1. The van der Waals surface area contributed by atoms with E-state index in [-0.39, 0.29) is 17.6 Å². The Morgan fingerprint density at radius 2 is 2.00 bits per heavy atom. The van der Waals surface area contributed by atoms with E-state index in [2.05, 4.69) is 4.98 Å². The summed E-state index contributed by atoms with van der Waals surface area (Å²) in [6.45, 7) is 0. The Hall–Kier alpha value is -1.10. The first kappa shape index (κ1) is 12.9. The van der Waals surface area contributed by atoms with E-state index in [0.29, 0.717) is 20.9 Å². The highest BCUT2D eigenvalue weighted by Gasteiger charge is 2.25. The maximum Gasteiger partial charge on any atom is 0.263 e. The number of nitrogens with zero attached hydrogens (tertiary/aromatic N) is 2. The van der Waals surface area contributed by atoms with Crippen molar-refractivity contribution < 1.29 is 0 Å². The van der Waals surface area contributed by atoms with Gasteiger partial charge in [-0.05, 0) is 31.4 Å². The summed E-state index contributed by atoms with van der Waals surface area (Å²) in [5.74, 6) is 0. The lowest BCUT2D eigenvalue weighted by molar-refractivity contribution is 0.491. The van der Waals surface area contributed by atoms with Crippen LogP contribution in [0.4, 0.5) is 0 Å². The molecule has 0 bridgehead atoms. The molecule has 3 rings (SSSR count). The average molecular weight is 298 g/mol. The first-order valence-corrected chi connectivity index (χ1v) is 6.94. The molecule has 4 nitrogen and oxygen atoms in total. The van der Waals surface area contributed by atoms with E-state index in [0.717, 1.165) is 19.3 Å². The van der Waals surface area contributed by atoms with Gasteiger partial charge < -0.3 is 5.73 Å². The Labute approximate surface area is 120 Å². The summed E-state index contributed by atoms with van der Waals surface area (Å²) in [7, 11) is 0. The number of hydrogen-bond acceptors (Lipinski definition) is 3. The lowest BCUT2D eigenvalue weighted by atomic mass is 10.2. The Balaban J connectivity index is 2.21. The lowest BCUT2D eigenvalue weighted by Crippen LogP contribution is -2.25. The van der Waals surface area contributed by atoms with E-state index in [1.54, 1.807) is 23.0 Å². The zero-order chi connectivity index (χ0) is 13.6. The Morgan fingerprint density at radius 3 is 2.68 bits per heavy atom. The largest absolute Gasteiger partial charge is 0.328 e. The molecule has 0 aliphatic heterocycles. The summed E-state index contributed by atoms with van der Waals surface area (Å²) in [4.78, 5) is 16.8. The minimum atomic E-state index is -0.142. The summed E-state index contributed by atoms with van der Waals surface area (Å²) in [5, 5.41) is 1.21. The summed E-state index contributed by atoms with van der Waals surface area (Å²) in [6, 6.07) is 3.53. The number of aromatic nitrogens is 2. The second kappa shape index (κ2) is 4.78.